The summed E-state index contributed by atoms with van der Waals surface area (Å²) in [6.45, 7) is 2.40. The van der Waals surface area contributed by atoms with E-state index in [4.69, 9.17) is 0 Å². The van der Waals surface area contributed by atoms with E-state index in [-0.39, 0.29) is 26.2 Å². The molecule has 0 nitrogen and oxygen atoms in total. The summed E-state index contributed by atoms with van der Waals surface area (Å²) in [4.78, 5) is 0. The van der Waals surface area contributed by atoms with Crippen molar-refractivity contribution in [3.8, 4) is 11.1 Å². The second kappa shape index (κ2) is 8.65. The number of benzene rings is 3. The molecule has 0 bridgehead atoms. The molecule has 0 N–H and O–H groups in total. The molecule has 1 aliphatic rings. The van der Waals surface area contributed by atoms with Crippen molar-refractivity contribution in [3.63, 3.8) is 0 Å². The van der Waals surface area contributed by atoms with Gasteiger partial charge in [0, 0.05) is 26.2 Å². The van der Waals surface area contributed by atoms with Crippen LogP contribution in [-0.4, -0.2) is 0 Å². The Hall–Kier alpha value is -1.59. The van der Waals surface area contributed by atoms with Crippen LogP contribution in [-0.2, 0) is 32.6 Å². The first kappa shape index (κ1) is 20.7. The largest absolute Gasteiger partial charge is 0.164 e. The fourth-order valence-electron chi connectivity index (χ4n) is 5.40. The summed E-state index contributed by atoms with van der Waals surface area (Å²) in [5, 5.41) is 5.43. The first-order chi connectivity index (χ1) is 13.8. The van der Waals surface area contributed by atoms with E-state index in [1.807, 2.05) is 0 Å². The molecule has 4 aromatic rings. The quantitative estimate of drug-likeness (QED) is 0.271. The summed E-state index contributed by atoms with van der Waals surface area (Å²) >= 11 is 0. The van der Waals surface area contributed by atoms with Crippen molar-refractivity contribution in [2.24, 2.45) is 5.41 Å². The summed E-state index contributed by atoms with van der Waals surface area (Å²) in [5.74, 6) is 0. The first-order valence-corrected chi connectivity index (χ1v) is 10.9. The van der Waals surface area contributed by atoms with Crippen molar-refractivity contribution < 1.29 is 26.2 Å². The number of hydrogen-bond acceptors (Lipinski definition) is 0. The van der Waals surface area contributed by atoms with Crippen LogP contribution in [0.2, 0.25) is 0 Å². The molecule has 1 fully saturated rings. The van der Waals surface area contributed by atoms with E-state index in [0.717, 1.165) is 0 Å². The summed E-state index contributed by atoms with van der Waals surface area (Å²) in [6.07, 6.45) is 9.62. The Morgan fingerprint density at radius 3 is 2.41 bits per heavy atom. The van der Waals surface area contributed by atoms with Crippen LogP contribution in [0.25, 0.3) is 32.7 Å². The number of fused-ring (bicyclic) bond motifs is 2. The molecule has 0 aliphatic heterocycles. The minimum absolute atomic E-state index is 0. The van der Waals surface area contributed by atoms with Gasteiger partial charge in [-0.15, -0.1) is 34.5 Å². The van der Waals surface area contributed by atoms with Crippen molar-refractivity contribution in [2.45, 2.75) is 51.9 Å². The molecular weight excluding hydrogens is 428 g/mol. The van der Waals surface area contributed by atoms with Gasteiger partial charge in [-0.25, -0.2) is 0 Å². The minimum Gasteiger partial charge on any atom is -0.164 e. The van der Waals surface area contributed by atoms with Gasteiger partial charge in [0.1, 0.15) is 0 Å². The molecule has 0 radical (unpaired) electrons. The second-order valence-corrected chi connectivity index (χ2v) is 8.82. The van der Waals surface area contributed by atoms with Crippen LogP contribution < -0.4 is 0 Å². The van der Waals surface area contributed by atoms with Crippen molar-refractivity contribution in [1.29, 1.82) is 0 Å². The van der Waals surface area contributed by atoms with Crippen molar-refractivity contribution in [2.75, 3.05) is 0 Å². The average Bonchev–Trinajstić information content (AvgIpc) is 3.16. The fourth-order valence-corrected chi connectivity index (χ4v) is 5.40. The Labute approximate surface area is 193 Å². The van der Waals surface area contributed by atoms with Crippen LogP contribution in [0, 0.1) is 5.41 Å². The maximum Gasteiger partial charge on any atom is 0 e. The van der Waals surface area contributed by atoms with Crippen LogP contribution >= 0.6 is 0 Å². The topological polar surface area (TPSA) is 0 Å². The van der Waals surface area contributed by atoms with Gasteiger partial charge in [-0.1, -0.05) is 80.6 Å². The molecule has 4 aromatic carbocycles. The van der Waals surface area contributed by atoms with Crippen molar-refractivity contribution in [1.82, 2.24) is 0 Å². The monoisotopic (exact) mass is 455 g/mol. The van der Waals surface area contributed by atoms with Crippen molar-refractivity contribution in [3.05, 3.63) is 78.4 Å². The number of hydrogen-bond donors (Lipinski definition) is 0. The molecule has 0 heterocycles. The maximum absolute atomic E-state index is 2.48. The molecule has 0 saturated heterocycles. The molecule has 1 saturated carbocycles. The molecule has 0 unspecified atom stereocenters. The van der Waals surface area contributed by atoms with Gasteiger partial charge in [-0.3, -0.25) is 0 Å². The molecule has 29 heavy (non-hydrogen) atoms. The molecule has 0 spiro atoms. The van der Waals surface area contributed by atoms with E-state index in [2.05, 4.69) is 79.7 Å². The zero-order valence-corrected chi connectivity index (χ0v) is 19.8. The third kappa shape index (κ3) is 4.04. The smallest absolute Gasteiger partial charge is 0 e. The Balaban J connectivity index is 0.00000205. The minimum atomic E-state index is 0. The number of rotatable bonds is 4. The van der Waals surface area contributed by atoms with Gasteiger partial charge in [0.25, 0.3) is 0 Å². The van der Waals surface area contributed by atoms with Gasteiger partial charge >= 0.3 is 0 Å². The van der Waals surface area contributed by atoms with Crippen LogP contribution in [0.15, 0.2) is 72.8 Å². The van der Waals surface area contributed by atoms with E-state index in [9.17, 15) is 0 Å². The third-order valence-electron chi connectivity index (χ3n) is 7.11. The molecular formula is C28H29Zr-. The SMILES string of the molecule is CCC1(Cc2cc3c(-c4ccc5ccccc5c4)cccc3[cH-]2)CCCCC1.[Zr]. The van der Waals surface area contributed by atoms with Crippen molar-refractivity contribution >= 4 is 21.5 Å². The predicted octanol–water partition coefficient (Wildman–Crippen LogP) is 8.28. The van der Waals surface area contributed by atoms with E-state index < -0.39 is 0 Å². The fraction of sp³-hybridized carbons (Fsp3) is 0.321. The molecule has 0 aromatic heterocycles. The summed E-state index contributed by atoms with van der Waals surface area (Å²) in [7, 11) is 0. The van der Waals surface area contributed by atoms with E-state index in [1.165, 1.54) is 83.2 Å². The maximum atomic E-state index is 2.48. The van der Waals surface area contributed by atoms with Gasteiger partial charge in [-0.2, -0.15) is 6.07 Å². The van der Waals surface area contributed by atoms with Crippen LogP contribution in [0.5, 0.6) is 0 Å². The molecule has 1 heteroatoms. The van der Waals surface area contributed by atoms with Gasteiger partial charge in [0.2, 0.25) is 0 Å². The van der Waals surface area contributed by atoms with Gasteiger partial charge in [-0.05, 0) is 47.1 Å². The zero-order chi connectivity index (χ0) is 19.0. The first-order valence-electron chi connectivity index (χ1n) is 10.9. The average molecular weight is 457 g/mol. The second-order valence-electron chi connectivity index (χ2n) is 8.82. The summed E-state index contributed by atoms with van der Waals surface area (Å²) < 4.78 is 0. The molecule has 1 aliphatic carbocycles. The predicted molar refractivity (Wildman–Crippen MR) is 122 cm³/mol. The molecule has 5 rings (SSSR count). The molecule has 0 amide bonds. The van der Waals surface area contributed by atoms with Crippen LogP contribution in [0.1, 0.15) is 51.0 Å². The molecule has 146 valence electrons. The Morgan fingerprint density at radius 1 is 0.828 bits per heavy atom. The summed E-state index contributed by atoms with van der Waals surface area (Å²) in [6, 6.07) is 27.2. The van der Waals surface area contributed by atoms with Crippen LogP contribution in [0.3, 0.4) is 0 Å². The van der Waals surface area contributed by atoms with E-state index >= 15 is 0 Å². The zero-order valence-electron chi connectivity index (χ0n) is 17.4. The Kier molecular flexibility index (Phi) is 6.17. The Bertz CT molecular complexity index is 1110. The summed E-state index contributed by atoms with van der Waals surface area (Å²) in [5.41, 5.74) is 4.76. The third-order valence-corrected chi connectivity index (χ3v) is 7.11. The molecule has 0 atom stereocenters. The Morgan fingerprint density at radius 2 is 1.62 bits per heavy atom. The van der Waals surface area contributed by atoms with Gasteiger partial charge in [0.15, 0.2) is 0 Å². The van der Waals surface area contributed by atoms with Crippen LogP contribution in [0.4, 0.5) is 0 Å². The van der Waals surface area contributed by atoms with Gasteiger partial charge in [0.05, 0.1) is 0 Å². The van der Waals surface area contributed by atoms with E-state index in [1.54, 1.807) is 0 Å². The standard InChI is InChI=1S/C28H29.Zr/c1-2-28(15-6-3-7-16-28)20-21-17-24-11-8-12-26(27(24)18-21)25-14-13-22-9-4-5-10-23(22)19-25;/h4-5,8-14,17-19H,2-3,6-7,15-16,20H2,1H3;/q-1;. The van der Waals surface area contributed by atoms with Gasteiger partial charge < -0.3 is 0 Å². The van der Waals surface area contributed by atoms with E-state index in [0.29, 0.717) is 5.41 Å². The normalized spacial score (nSPS) is 16.0.